The molecule has 1 amide bonds. The Kier molecular flexibility index (Phi) is 8.15. The van der Waals surface area contributed by atoms with Crippen molar-refractivity contribution in [2.24, 2.45) is 5.10 Å². The number of aryl methyl sites for hydroxylation is 2. The van der Waals surface area contributed by atoms with Crippen molar-refractivity contribution in [1.82, 2.24) is 5.43 Å². The number of ether oxygens (including phenoxy) is 3. The Labute approximate surface area is 215 Å². The molecular weight excluding hydrogens is 468 g/mol. The van der Waals surface area contributed by atoms with Gasteiger partial charge in [-0.3, -0.25) is 4.79 Å². The quantitative estimate of drug-likeness (QED) is 0.141. The standard InChI is InChI=1S/C30H28N2O5/c1-4-35-27-17-22(18-31-32-28(33)19-36-29-20(2)9-7-10-21(29)3)15-16-26(27)37-30(34)25-14-8-12-23-11-5-6-13-24(23)25/h5-18H,4,19H2,1-3H3,(H,32,33). The molecule has 0 atom stereocenters. The lowest BCUT2D eigenvalue weighted by Crippen LogP contribution is -2.25. The van der Waals surface area contributed by atoms with E-state index >= 15 is 0 Å². The summed E-state index contributed by atoms with van der Waals surface area (Å²) in [6.45, 7) is 5.92. The van der Waals surface area contributed by atoms with E-state index in [2.05, 4.69) is 10.5 Å². The summed E-state index contributed by atoms with van der Waals surface area (Å²) < 4.78 is 17.0. The lowest BCUT2D eigenvalue weighted by Gasteiger charge is -2.12. The number of fused-ring (bicyclic) bond motifs is 1. The summed E-state index contributed by atoms with van der Waals surface area (Å²) in [5, 5.41) is 5.77. The first-order valence-electron chi connectivity index (χ1n) is 11.9. The molecule has 4 rings (SSSR count). The van der Waals surface area contributed by atoms with Gasteiger partial charge in [-0.2, -0.15) is 5.10 Å². The fraction of sp³-hybridized carbons (Fsp3) is 0.167. The van der Waals surface area contributed by atoms with Crippen LogP contribution in [0.1, 0.15) is 34.0 Å². The second-order valence-corrected chi connectivity index (χ2v) is 8.36. The Morgan fingerprint density at radius 1 is 0.865 bits per heavy atom. The van der Waals surface area contributed by atoms with Crippen LogP contribution in [0.4, 0.5) is 0 Å². The maximum absolute atomic E-state index is 13.0. The van der Waals surface area contributed by atoms with Gasteiger partial charge in [0.15, 0.2) is 18.1 Å². The molecule has 0 spiro atoms. The fourth-order valence-electron chi connectivity index (χ4n) is 3.89. The summed E-state index contributed by atoms with van der Waals surface area (Å²) in [6, 6.07) is 24.0. The van der Waals surface area contributed by atoms with E-state index < -0.39 is 5.97 Å². The minimum absolute atomic E-state index is 0.156. The Hall–Kier alpha value is -4.65. The first-order valence-corrected chi connectivity index (χ1v) is 11.9. The van der Waals surface area contributed by atoms with E-state index in [0.717, 1.165) is 21.9 Å². The number of para-hydroxylation sites is 1. The van der Waals surface area contributed by atoms with Gasteiger partial charge in [-0.15, -0.1) is 0 Å². The zero-order chi connectivity index (χ0) is 26.2. The summed E-state index contributed by atoms with van der Waals surface area (Å²) in [6.07, 6.45) is 1.48. The van der Waals surface area contributed by atoms with E-state index in [1.165, 1.54) is 6.21 Å². The molecular formula is C30H28N2O5. The van der Waals surface area contributed by atoms with Gasteiger partial charge < -0.3 is 14.2 Å². The van der Waals surface area contributed by atoms with Crippen molar-refractivity contribution in [2.45, 2.75) is 20.8 Å². The number of hydrogen-bond acceptors (Lipinski definition) is 6. The molecule has 0 fully saturated rings. The highest BCUT2D eigenvalue weighted by Gasteiger charge is 2.15. The lowest BCUT2D eigenvalue weighted by molar-refractivity contribution is -0.123. The smallest absolute Gasteiger partial charge is 0.344 e. The van der Waals surface area contributed by atoms with Crippen LogP contribution in [0.5, 0.6) is 17.2 Å². The number of carbonyl (C=O) groups excluding carboxylic acids is 2. The van der Waals surface area contributed by atoms with Gasteiger partial charge >= 0.3 is 5.97 Å². The lowest BCUT2D eigenvalue weighted by atomic mass is 10.0. The number of hydrazone groups is 1. The van der Waals surface area contributed by atoms with Crippen LogP contribution < -0.4 is 19.6 Å². The normalized spacial score (nSPS) is 10.9. The van der Waals surface area contributed by atoms with Crippen molar-refractivity contribution in [2.75, 3.05) is 13.2 Å². The van der Waals surface area contributed by atoms with E-state index in [-0.39, 0.29) is 12.5 Å². The molecule has 0 bridgehead atoms. The summed E-state index contributed by atoms with van der Waals surface area (Å²) in [5.74, 6) is 0.518. The molecule has 188 valence electrons. The maximum atomic E-state index is 13.0. The number of rotatable bonds is 9. The summed E-state index contributed by atoms with van der Waals surface area (Å²) in [7, 11) is 0. The topological polar surface area (TPSA) is 86.2 Å². The first-order chi connectivity index (χ1) is 18.0. The van der Waals surface area contributed by atoms with Crippen LogP contribution in [-0.2, 0) is 4.79 Å². The van der Waals surface area contributed by atoms with Gasteiger partial charge in [-0.05, 0) is 72.5 Å². The van der Waals surface area contributed by atoms with Gasteiger partial charge in [-0.25, -0.2) is 10.2 Å². The van der Waals surface area contributed by atoms with Crippen LogP contribution in [-0.4, -0.2) is 31.3 Å². The molecule has 7 heteroatoms. The molecule has 4 aromatic carbocycles. The van der Waals surface area contributed by atoms with E-state index in [1.54, 1.807) is 24.3 Å². The van der Waals surface area contributed by atoms with Crippen molar-refractivity contribution in [1.29, 1.82) is 0 Å². The predicted molar refractivity (Wildman–Crippen MR) is 144 cm³/mol. The van der Waals surface area contributed by atoms with Crippen LogP contribution in [0.15, 0.2) is 84.0 Å². The second kappa shape index (κ2) is 11.9. The van der Waals surface area contributed by atoms with Crippen molar-refractivity contribution >= 4 is 28.9 Å². The molecule has 0 saturated carbocycles. The van der Waals surface area contributed by atoms with E-state index in [9.17, 15) is 9.59 Å². The zero-order valence-electron chi connectivity index (χ0n) is 21.0. The monoisotopic (exact) mass is 496 g/mol. The van der Waals surface area contributed by atoms with Crippen molar-refractivity contribution in [3.8, 4) is 17.2 Å². The Morgan fingerprint density at radius 2 is 1.59 bits per heavy atom. The number of hydrogen-bond donors (Lipinski definition) is 1. The minimum atomic E-state index is -0.477. The van der Waals surface area contributed by atoms with Crippen molar-refractivity contribution in [3.05, 3.63) is 101 Å². The highest BCUT2D eigenvalue weighted by molar-refractivity contribution is 6.05. The third-order valence-corrected chi connectivity index (χ3v) is 5.64. The number of benzene rings is 4. The van der Waals surface area contributed by atoms with Gasteiger partial charge in [0.1, 0.15) is 5.75 Å². The molecule has 0 aromatic heterocycles. The number of esters is 1. The molecule has 0 aliphatic carbocycles. The van der Waals surface area contributed by atoms with E-state index in [4.69, 9.17) is 14.2 Å². The van der Waals surface area contributed by atoms with Gasteiger partial charge in [0.25, 0.3) is 5.91 Å². The highest BCUT2D eigenvalue weighted by atomic mass is 16.6. The van der Waals surface area contributed by atoms with E-state index in [0.29, 0.717) is 35.0 Å². The Bertz CT molecular complexity index is 1440. The molecule has 1 N–H and O–H groups in total. The number of carbonyl (C=O) groups is 2. The van der Waals surface area contributed by atoms with Crippen LogP contribution in [0, 0.1) is 13.8 Å². The minimum Gasteiger partial charge on any atom is -0.490 e. The maximum Gasteiger partial charge on any atom is 0.344 e. The van der Waals surface area contributed by atoms with Crippen molar-refractivity contribution < 1.29 is 23.8 Å². The first kappa shape index (κ1) is 25.4. The molecule has 0 saturated heterocycles. The Morgan fingerprint density at radius 3 is 2.38 bits per heavy atom. The average molecular weight is 497 g/mol. The number of amides is 1. The van der Waals surface area contributed by atoms with Crippen LogP contribution in [0.25, 0.3) is 10.8 Å². The summed E-state index contributed by atoms with van der Waals surface area (Å²) in [4.78, 5) is 25.1. The number of nitrogens with one attached hydrogen (secondary N) is 1. The van der Waals surface area contributed by atoms with E-state index in [1.807, 2.05) is 75.4 Å². The van der Waals surface area contributed by atoms with Gasteiger partial charge in [-0.1, -0.05) is 54.6 Å². The largest absolute Gasteiger partial charge is 0.490 e. The van der Waals surface area contributed by atoms with Crippen LogP contribution in [0.3, 0.4) is 0 Å². The fourth-order valence-corrected chi connectivity index (χ4v) is 3.89. The summed E-state index contributed by atoms with van der Waals surface area (Å²) in [5.41, 5.74) is 5.50. The molecule has 0 heterocycles. The van der Waals surface area contributed by atoms with Gasteiger partial charge in [0.2, 0.25) is 0 Å². The molecule has 0 aliphatic heterocycles. The summed E-state index contributed by atoms with van der Waals surface area (Å²) >= 11 is 0. The SMILES string of the molecule is CCOc1cc(C=NNC(=O)COc2c(C)cccc2C)ccc1OC(=O)c1cccc2ccccc12. The molecule has 0 radical (unpaired) electrons. The van der Waals surface area contributed by atoms with Crippen LogP contribution in [0.2, 0.25) is 0 Å². The van der Waals surface area contributed by atoms with Crippen LogP contribution >= 0.6 is 0 Å². The molecule has 0 aliphatic rings. The Balaban J connectivity index is 1.41. The molecule has 0 unspecified atom stereocenters. The number of nitrogens with zero attached hydrogens (tertiary/aromatic N) is 1. The molecule has 37 heavy (non-hydrogen) atoms. The van der Waals surface area contributed by atoms with Crippen molar-refractivity contribution in [3.63, 3.8) is 0 Å². The predicted octanol–water partition coefficient (Wildman–Crippen LogP) is 5.60. The third kappa shape index (κ3) is 6.32. The average Bonchev–Trinajstić information content (AvgIpc) is 2.89. The second-order valence-electron chi connectivity index (χ2n) is 8.36. The zero-order valence-corrected chi connectivity index (χ0v) is 21.0. The van der Waals surface area contributed by atoms with Gasteiger partial charge in [0, 0.05) is 0 Å². The van der Waals surface area contributed by atoms with Gasteiger partial charge in [0.05, 0.1) is 18.4 Å². The molecule has 7 nitrogen and oxygen atoms in total. The third-order valence-electron chi connectivity index (χ3n) is 5.64. The molecule has 4 aromatic rings. The highest BCUT2D eigenvalue weighted by Crippen LogP contribution is 2.30.